The quantitative estimate of drug-likeness (QED) is 0.00960. The van der Waals surface area contributed by atoms with Crippen molar-refractivity contribution in [1.82, 2.24) is 82.4 Å². The number of benzene rings is 1. The van der Waals surface area contributed by atoms with E-state index in [0.29, 0.717) is 28.7 Å². The fraction of sp³-hybridized carbons (Fsp3) is 0.554. The van der Waals surface area contributed by atoms with Crippen LogP contribution in [0.1, 0.15) is 125 Å². The fourth-order valence-corrected chi connectivity index (χ4v) is 14.9. The SMILES string of the molecule is CC(C)C[C@H](NC(=O)[C@H](Cc1ccccc1)NC(=O)c1cnccn1)B(O)O.Cc1c(N)nc([C@H](CC(N)=O)NC[C@H](N)C(N)=O)nc1C(=O)N[C@H](C(=O)N[C@H](C)[C@@H](O)[C@H](C)C(=O)N[C@H](C(=O)NCCc1nc(-c2nc(C(=O)NCCC[S+](C)C)cs2)cs1)[C@@H](C)O)[C@@H](O[C@@H]1O[C@@H](CO)[C@H](O)[C@@H](O)[C@@H]1O[C@@H]1O[C@@H](CO)[C@H](O)[C@@H](OC(N)=O)[C@@H]1O)c1cnc[nH]1. The van der Waals surface area contributed by atoms with Gasteiger partial charge in [-0.25, -0.2) is 34.7 Å². The Morgan fingerprint density at radius 3 is 2.02 bits per heavy atom. The number of aromatic nitrogens is 8. The zero-order chi connectivity index (χ0) is 91.5. The second-order valence-corrected chi connectivity index (χ2v) is 34.0. The summed E-state index contributed by atoms with van der Waals surface area (Å²) >= 11 is 2.52. The summed E-state index contributed by atoms with van der Waals surface area (Å²) in [6, 6.07) is 0.480. The average Bonchev–Trinajstić information content (AvgIpc) is 0.885. The Labute approximate surface area is 722 Å². The Hall–Kier alpha value is -10.1. The molecule has 8 rings (SSSR count). The number of primary amides is 3. The van der Waals surface area contributed by atoms with Crippen LogP contribution >= 0.6 is 22.7 Å². The first-order valence-electron chi connectivity index (χ1n) is 39.0. The molecule has 0 spiro atoms. The number of H-pyrrole nitrogens is 1. The van der Waals surface area contributed by atoms with Crippen LogP contribution in [0.4, 0.5) is 10.6 Å². The van der Waals surface area contributed by atoms with E-state index in [-0.39, 0.29) is 82.9 Å². The number of nitrogens with one attached hydrogen (secondary N) is 9. The molecule has 21 atom stereocenters. The number of nitrogens with zero attached hydrogens (tertiary/aromatic N) is 7. The molecule has 5 aromatic heterocycles. The third kappa shape index (κ3) is 29.3. The highest BCUT2D eigenvalue weighted by Crippen LogP contribution is 2.35. The van der Waals surface area contributed by atoms with E-state index in [1.807, 2.05) is 44.2 Å². The van der Waals surface area contributed by atoms with Crippen molar-refractivity contribution in [1.29, 1.82) is 0 Å². The van der Waals surface area contributed by atoms with Crippen LogP contribution < -0.4 is 71.2 Å². The number of nitrogens with two attached hydrogens (primary N) is 5. The topological polar surface area (TPSA) is 752 Å². The highest BCUT2D eigenvalue weighted by atomic mass is 32.2. The smallest absolute Gasteiger partial charge is 0.441 e. The van der Waals surface area contributed by atoms with E-state index in [2.05, 4.69) is 94.9 Å². The Morgan fingerprint density at radius 1 is 0.710 bits per heavy atom. The summed E-state index contributed by atoms with van der Waals surface area (Å²) in [5, 5.41) is 133. The number of aromatic amines is 1. The third-order valence-corrected chi connectivity index (χ3v) is 22.3. The maximum absolute atomic E-state index is 15.2. The van der Waals surface area contributed by atoms with Crippen molar-refractivity contribution in [3.05, 3.63) is 117 Å². The van der Waals surface area contributed by atoms with Crippen molar-refractivity contribution in [3.63, 3.8) is 0 Å². The van der Waals surface area contributed by atoms with Gasteiger partial charge in [0.2, 0.25) is 35.4 Å². The lowest BCUT2D eigenvalue weighted by molar-refractivity contribution is -0.372. The molecule has 6 aromatic rings. The molecular weight excluding hydrogens is 1690 g/mol. The largest absolute Gasteiger partial charge is 0.475 e. The van der Waals surface area contributed by atoms with Crippen LogP contribution in [0.2, 0.25) is 0 Å². The lowest BCUT2D eigenvalue weighted by Gasteiger charge is -2.47. The molecule has 29 N–H and O–H groups in total. The normalized spacial score (nSPS) is 21.5. The third-order valence-electron chi connectivity index (χ3n) is 19.4. The van der Waals surface area contributed by atoms with Gasteiger partial charge in [0.1, 0.15) is 112 Å². The highest BCUT2D eigenvalue weighted by molar-refractivity contribution is 7.95. The van der Waals surface area contributed by atoms with Gasteiger partial charge in [0.05, 0.1) is 97.3 Å². The first kappa shape index (κ1) is 101. The Bertz CT molecular complexity index is 4480. The second kappa shape index (κ2) is 48.4. The molecule has 50 heteroatoms. The van der Waals surface area contributed by atoms with E-state index < -0.39 is 214 Å². The summed E-state index contributed by atoms with van der Waals surface area (Å²) in [5.74, 6) is -9.41. The van der Waals surface area contributed by atoms with Crippen LogP contribution in [0.15, 0.2) is 72.2 Å². The number of ether oxygens (including phenoxy) is 5. The minimum atomic E-state index is -2.20. The number of carbonyl (C=O) groups excluding carboxylic acids is 10. The molecule has 0 unspecified atom stereocenters. The first-order valence-corrected chi connectivity index (χ1v) is 43.0. The van der Waals surface area contributed by atoms with Crippen LogP contribution in [-0.2, 0) is 76.2 Å². The molecule has 0 radical (unpaired) electrons. The van der Waals surface area contributed by atoms with Crippen LogP contribution in [-0.4, -0.2) is 318 Å². The lowest BCUT2D eigenvalue weighted by atomic mass is 9.75. The fourth-order valence-electron chi connectivity index (χ4n) is 12.6. The van der Waals surface area contributed by atoms with E-state index in [0.717, 1.165) is 30.3 Å². The zero-order valence-electron chi connectivity index (χ0n) is 68.8. The van der Waals surface area contributed by atoms with Crippen molar-refractivity contribution in [2.24, 2.45) is 34.8 Å². The number of aliphatic hydroxyl groups is 8. The predicted molar refractivity (Wildman–Crippen MR) is 444 cm³/mol. The molecule has 7 heterocycles. The van der Waals surface area contributed by atoms with Crippen molar-refractivity contribution in [2.75, 3.05) is 56.8 Å². The predicted octanol–water partition coefficient (Wildman–Crippen LogP) is -7.34. The molecule has 0 saturated carbocycles. The van der Waals surface area contributed by atoms with Gasteiger partial charge in [0.15, 0.2) is 18.7 Å². The standard InChI is InChI=1S/C55H83N17O21S3.C19H25BN4O4/c1-20-33(69-46(72-44(20)58)25(12-31(57)76)64-13-24(56)45(59)82)50(86)71-35(41(26-14-61-19-65-26)91-54-43(39(80)37(78)29(15-73)90-54)92-53-40(81)42(93-55(60)88)38(79)30(16-74)89-53)51(87)66-22(3)36(77)21(2)47(83)70-34(23(4)75)49(85)63-10-8-32-67-28(18-94-32)52-68-27(17-95-52)48(84)62-9-7-11-96(5)6;1-13(2)10-17(20(27)28)24-18(25)15(11-14-6-4-3-5-7-14)23-19(26)16-12-21-8-9-22-16/h14,17-19,21-25,29-30,34-43,53-54,64,73-75,77-81H,7-13,15-16,56H2,1-6H3,(H13-,57,58,59,60,61,62,63,65,66,69,70,71,72,76,82,83,84,85,86,87,88);3-9,12-13,15,17,27-28H,10-11H2,1-2H3,(H,23,26)(H,24,25)/p+1/t21-,22+,23+,24-,25-,29-,30-,34-,35-,36-,37-,38-,39+,40-,41-,42+,43-,53-,54-;15-,17-/m00/s1. The zero-order valence-corrected chi connectivity index (χ0v) is 71.3. The average molecular weight is 1800 g/mol. The van der Waals surface area contributed by atoms with E-state index in [1.165, 1.54) is 69.0 Å². The number of hydrogen-bond acceptors (Lipinski definition) is 37. The van der Waals surface area contributed by atoms with E-state index in [9.17, 15) is 94.1 Å². The number of carbonyl (C=O) groups is 10. The maximum Gasteiger partial charge on any atom is 0.475 e. The summed E-state index contributed by atoms with van der Waals surface area (Å²) < 4.78 is 28.7. The number of rotatable bonds is 44. The van der Waals surface area contributed by atoms with Crippen LogP contribution in [0.5, 0.6) is 0 Å². The van der Waals surface area contributed by atoms with Crippen LogP contribution in [0, 0.1) is 18.8 Å². The molecule has 0 bridgehead atoms. The van der Waals surface area contributed by atoms with Crippen LogP contribution in [0.25, 0.3) is 10.7 Å². The van der Waals surface area contributed by atoms with Gasteiger partial charge in [0.25, 0.3) is 17.7 Å². The van der Waals surface area contributed by atoms with E-state index in [1.54, 1.807) is 10.8 Å². The molecule has 1 aromatic carbocycles. The van der Waals surface area contributed by atoms with Gasteiger partial charge in [-0.1, -0.05) is 51.1 Å². The Kier molecular flexibility index (Phi) is 39.4. The first-order chi connectivity index (χ1) is 58.7. The molecule has 2 aliphatic heterocycles. The van der Waals surface area contributed by atoms with Crippen LogP contribution in [0.3, 0.4) is 0 Å². The summed E-state index contributed by atoms with van der Waals surface area (Å²) in [5.41, 5.74) is 29.0. The van der Waals surface area contributed by atoms with Crippen molar-refractivity contribution in [3.8, 4) is 10.7 Å². The highest BCUT2D eigenvalue weighted by Gasteiger charge is 2.54. The van der Waals surface area contributed by atoms with Crippen molar-refractivity contribution < 1.29 is 123 Å². The minimum absolute atomic E-state index is 0.00498. The summed E-state index contributed by atoms with van der Waals surface area (Å²) in [4.78, 5) is 164. The van der Waals surface area contributed by atoms with Gasteiger partial charge in [-0.15, -0.1) is 22.7 Å². The number of aliphatic hydroxyl groups excluding tert-OH is 8. The molecule has 46 nitrogen and oxygen atoms in total. The number of anilines is 1. The van der Waals surface area contributed by atoms with E-state index >= 15 is 4.79 Å². The van der Waals surface area contributed by atoms with Gasteiger partial charge in [-0.05, 0) is 49.6 Å². The number of amides is 10. The Morgan fingerprint density at radius 2 is 1.40 bits per heavy atom. The molecule has 2 fully saturated rings. The molecule has 124 heavy (non-hydrogen) atoms. The van der Waals surface area contributed by atoms with Gasteiger partial charge in [0, 0.05) is 74.0 Å². The molecule has 0 aliphatic carbocycles. The maximum atomic E-state index is 15.2. The van der Waals surface area contributed by atoms with Crippen molar-refractivity contribution >= 4 is 106 Å². The van der Waals surface area contributed by atoms with E-state index in [4.69, 9.17) is 52.4 Å². The molecule has 2 aliphatic rings. The number of nitrogen functional groups attached to an aromatic ring is 1. The Balaban J connectivity index is 0.000000635. The summed E-state index contributed by atoms with van der Waals surface area (Å²) in [6.45, 7) is 7.01. The summed E-state index contributed by atoms with van der Waals surface area (Å²) in [6.07, 6.45) is -15.2. The number of hydrogen-bond donors (Lipinski definition) is 24. The number of imidazole rings is 1. The van der Waals surface area contributed by atoms with Gasteiger partial charge >= 0.3 is 13.2 Å². The second-order valence-electron chi connectivity index (χ2n) is 29.8. The number of thiazole rings is 2. The molecule has 680 valence electrons. The van der Waals surface area contributed by atoms with Gasteiger partial charge < -0.3 is 151 Å². The van der Waals surface area contributed by atoms with Gasteiger partial charge in [-0.3, -0.25) is 48.1 Å². The minimum Gasteiger partial charge on any atom is -0.441 e. The molecule has 2 saturated heterocycles. The van der Waals surface area contributed by atoms with Crippen molar-refractivity contribution in [2.45, 2.75) is 196 Å². The van der Waals surface area contributed by atoms with Gasteiger partial charge in [-0.2, -0.15) is 0 Å². The molecular formula is C74H109BN21O25S3+. The lowest BCUT2D eigenvalue weighted by Crippen LogP contribution is -2.65. The monoisotopic (exact) mass is 1800 g/mol. The molecule has 10 amide bonds. The summed E-state index contributed by atoms with van der Waals surface area (Å²) in [7, 11) is -1.44.